The lowest BCUT2D eigenvalue weighted by Crippen LogP contribution is -2.30. The number of methoxy groups -OCH3 is 1. The number of carbonyl (C=O) groups excluding carboxylic acids is 3. The van der Waals surface area contributed by atoms with Crippen molar-refractivity contribution in [3.63, 3.8) is 0 Å². The molecule has 0 bridgehead atoms. The van der Waals surface area contributed by atoms with Crippen LogP contribution >= 0.6 is 0 Å². The van der Waals surface area contributed by atoms with Crippen LogP contribution in [0, 0.1) is 0 Å². The molecule has 0 saturated carbocycles. The van der Waals surface area contributed by atoms with Gasteiger partial charge in [0.05, 0.1) is 12.7 Å². The van der Waals surface area contributed by atoms with Crippen molar-refractivity contribution in [2.24, 2.45) is 0 Å². The number of nitrogens with one attached hydrogen (secondary N) is 2. The normalized spacial score (nSPS) is 11.8. The summed E-state index contributed by atoms with van der Waals surface area (Å²) < 4.78 is 15.5. The van der Waals surface area contributed by atoms with E-state index in [1.54, 1.807) is 64.3 Å². The molecule has 2 amide bonds. The van der Waals surface area contributed by atoms with Crippen LogP contribution in [0.4, 0.5) is 16.2 Å². The first-order valence-electron chi connectivity index (χ1n) is 9.33. The molecule has 0 aliphatic heterocycles. The number of carbonyl (C=O) groups is 3. The Hall–Kier alpha value is -3.55. The maximum atomic E-state index is 12.4. The van der Waals surface area contributed by atoms with Crippen LogP contribution in [0.5, 0.6) is 5.75 Å². The van der Waals surface area contributed by atoms with Crippen molar-refractivity contribution in [1.29, 1.82) is 0 Å². The van der Waals surface area contributed by atoms with Gasteiger partial charge in [0.15, 0.2) is 6.10 Å². The Kier molecular flexibility index (Phi) is 7.41. The molecule has 2 aromatic rings. The average Bonchev–Trinajstić information content (AvgIpc) is 2.67. The van der Waals surface area contributed by atoms with Gasteiger partial charge in [-0.25, -0.2) is 9.59 Å². The fourth-order valence-electron chi connectivity index (χ4n) is 2.35. The monoisotopic (exact) mass is 414 g/mol. The first-order chi connectivity index (χ1) is 14.1. The predicted molar refractivity (Wildman–Crippen MR) is 113 cm³/mol. The van der Waals surface area contributed by atoms with Crippen LogP contribution in [0.3, 0.4) is 0 Å². The van der Waals surface area contributed by atoms with E-state index in [2.05, 4.69) is 10.6 Å². The molecule has 30 heavy (non-hydrogen) atoms. The van der Waals surface area contributed by atoms with Gasteiger partial charge in [0.2, 0.25) is 0 Å². The number of hydrogen-bond acceptors (Lipinski definition) is 6. The van der Waals surface area contributed by atoms with Crippen molar-refractivity contribution in [1.82, 2.24) is 0 Å². The molecule has 0 saturated heterocycles. The maximum Gasteiger partial charge on any atom is 0.412 e. The third-order valence-electron chi connectivity index (χ3n) is 3.75. The fourth-order valence-corrected chi connectivity index (χ4v) is 2.35. The Balaban J connectivity index is 1.95. The molecule has 0 heterocycles. The topological polar surface area (TPSA) is 103 Å². The van der Waals surface area contributed by atoms with Crippen molar-refractivity contribution in [3.05, 3.63) is 54.1 Å². The van der Waals surface area contributed by atoms with E-state index in [4.69, 9.17) is 14.2 Å². The zero-order chi connectivity index (χ0) is 22.3. The highest BCUT2D eigenvalue weighted by Gasteiger charge is 2.20. The van der Waals surface area contributed by atoms with Gasteiger partial charge in [-0.3, -0.25) is 10.1 Å². The summed E-state index contributed by atoms with van der Waals surface area (Å²) in [5.41, 5.74) is 0.460. The standard InChI is InChI=1S/C22H26N2O6/c1-14(19(25)23-16-9-11-18(28-5)12-10-16)29-20(26)15-7-6-8-17(13-15)24-21(27)30-22(2,3)4/h6-14H,1-5H3,(H,23,25)(H,24,27)/t14-/m0/s1. The highest BCUT2D eigenvalue weighted by molar-refractivity contribution is 5.98. The molecule has 8 heteroatoms. The van der Waals surface area contributed by atoms with E-state index in [9.17, 15) is 14.4 Å². The summed E-state index contributed by atoms with van der Waals surface area (Å²) in [7, 11) is 1.55. The number of amides is 2. The Bertz CT molecular complexity index is 903. The molecule has 0 aliphatic carbocycles. The number of benzene rings is 2. The fraction of sp³-hybridized carbons (Fsp3) is 0.318. The first-order valence-corrected chi connectivity index (χ1v) is 9.33. The smallest absolute Gasteiger partial charge is 0.412 e. The van der Waals surface area contributed by atoms with Crippen LogP contribution in [-0.4, -0.2) is 36.8 Å². The Morgan fingerprint density at radius 2 is 1.60 bits per heavy atom. The van der Waals surface area contributed by atoms with Crippen molar-refractivity contribution in [2.75, 3.05) is 17.7 Å². The lowest BCUT2D eigenvalue weighted by Gasteiger charge is -2.19. The third-order valence-corrected chi connectivity index (χ3v) is 3.75. The van der Waals surface area contributed by atoms with Crippen molar-refractivity contribution in [3.8, 4) is 5.75 Å². The lowest BCUT2D eigenvalue weighted by atomic mass is 10.2. The molecule has 2 rings (SSSR count). The number of hydrogen-bond donors (Lipinski definition) is 2. The van der Waals surface area contributed by atoms with E-state index < -0.39 is 29.7 Å². The molecule has 0 aliphatic rings. The number of ether oxygens (including phenoxy) is 3. The summed E-state index contributed by atoms with van der Waals surface area (Å²) in [5.74, 6) is -0.510. The zero-order valence-corrected chi connectivity index (χ0v) is 17.6. The van der Waals surface area contributed by atoms with E-state index in [1.165, 1.54) is 19.1 Å². The third kappa shape index (κ3) is 7.12. The van der Waals surface area contributed by atoms with E-state index in [0.29, 0.717) is 17.1 Å². The van der Waals surface area contributed by atoms with Crippen LogP contribution in [0.25, 0.3) is 0 Å². The molecule has 2 aromatic carbocycles. The second kappa shape index (κ2) is 9.78. The van der Waals surface area contributed by atoms with Crippen molar-refractivity contribution < 1.29 is 28.6 Å². The van der Waals surface area contributed by atoms with Crippen LogP contribution in [0.1, 0.15) is 38.1 Å². The van der Waals surface area contributed by atoms with Crippen LogP contribution < -0.4 is 15.4 Å². The molecular formula is C22H26N2O6. The first kappa shape index (κ1) is 22.7. The number of anilines is 2. The molecule has 2 N–H and O–H groups in total. The summed E-state index contributed by atoms with van der Waals surface area (Å²) in [6.45, 7) is 6.72. The Morgan fingerprint density at radius 3 is 2.20 bits per heavy atom. The lowest BCUT2D eigenvalue weighted by molar-refractivity contribution is -0.123. The van der Waals surface area contributed by atoms with Crippen LogP contribution in [0.2, 0.25) is 0 Å². The van der Waals surface area contributed by atoms with Crippen molar-refractivity contribution >= 4 is 29.3 Å². The number of rotatable bonds is 6. The minimum atomic E-state index is -1.03. The molecule has 1 atom stereocenters. The molecule has 0 fully saturated rings. The summed E-state index contributed by atoms with van der Waals surface area (Å²) in [6, 6.07) is 12.9. The molecule has 160 valence electrons. The van der Waals surface area contributed by atoms with Gasteiger partial charge >= 0.3 is 12.1 Å². The van der Waals surface area contributed by atoms with Gasteiger partial charge < -0.3 is 19.5 Å². The maximum absolute atomic E-state index is 12.4. The quantitative estimate of drug-likeness (QED) is 0.686. The molecule has 8 nitrogen and oxygen atoms in total. The summed E-state index contributed by atoms with van der Waals surface area (Å²) in [6.07, 6.45) is -1.66. The molecular weight excluding hydrogens is 388 g/mol. The van der Waals surface area contributed by atoms with Gasteiger partial charge in [0.1, 0.15) is 11.4 Å². The molecule has 0 unspecified atom stereocenters. The SMILES string of the molecule is COc1ccc(NC(=O)[C@H](C)OC(=O)c2cccc(NC(=O)OC(C)(C)C)c2)cc1. The summed E-state index contributed by atoms with van der Waals surface area (Å²) in [5, 5.41) is 5.22. The summed E-state index contributed by atoms with van der Waals surface area (Å²) in [4.78, 5) is 36.6. The van der Waals surface area contributed by atoms with Gasteiger partial charge in [-0.15, -0.1) is 0 Å². The molecule has 0 radical (unpaired) electrons. The molecule has 0 spiro atoms. The molecule has 0 aromatic heterocycles. The van der Waals surface area contributed by atoms with Crippen LogP contribution in [-0.2, 0) is 14.3 Å². The highest BCUT2D eigenvalue weighted by Crippen LogP contribution is 2.17. The van der Waals surface area contributed by atoms with E-state index in [-0.39, 0.29) is 5.56 Å². The van der Waals surface area contributed by atoms with Crippen LogP contribution in [0.15, 0.2) is 48.5 Å². The highest BCUT2D eigenvalue weighted by atomic mass is 16.6. The van der Waals surface area contributed by atoms with E-state index in [1.807, 2.05) is 0 Å². The van der Waals surface area contributed by atoms with Crippen molar-refractivity contribution in [2.45, 2.75) is 39.4 Å². The minimum Gasteiger partial charge on any atom is -0.497 e. The Labute approximate surface area is 175 Å². The van der Waals surface area contributed by atoms with E-state index in [0.717, 1.165) is 0 Å². The van der Waals surface area contributed by atoms with Gasteiger partial charge in [0, 0.05) is 11.4 Å². The largest absolute Gasteiger partial charge is 0.497 e. The second-order valence-corrected chi connectivity index (χ2v) is 7.47. The minimum absolute atomic E-state index is 0.188. The van der Waals surface area contributed by atoms with Gasteiger partial charge in [-0.2, -0.15) is 0 Å². The van der Waals surface area contributed by atoms with Gasteiger partial charge in [-0.1, -0.05) is 6.07 Å². The summed E-state index contributed by atoms with van der Waals surface area (Å²) >= 11 is 0. The number of esters is 1. The predicted octanol–water partition coefficient (Wildman–Crippen LogP) is 4.23. The van der Waals surface area contributed by atoms with Gasteiger partial charge in [-0.05, 0) is 70.2 Å². The average molecular weight is 414 g/mol. The van der Waals surface area contributed by atoms with E-state index >= 15 is 0 Å². The zero-order valence-electron chi connectivity index (χ0n) is 17.6. The Morgan fingerprint density at radius 1 is 0.933 bits per heavy atom. The second-order valence-electron chi connectivity index (χ2n) is 7.47. The van der Waals surface area contributed by atoms with Gasteiger partial charge in [0.25, 0.3) is 5.91 Å².